The van der Waals surface area contributed by atoms with Gasteiger partial charge < -0.3 is 4.89 Å². The molecule has 0 aromatic carbocycles. The molecule has 0 rings (SSSR count). The van der Waals surface area contributed by atoms with E-state index in [-0.39, 0.29) is 12.4 Å². The molecule has 0 aromatic rings. The van der Waals surface area contributed by atoms with Gasteiger partial charge in [0, 0.05) is 0 Å². The Labute approximate surface area is 41.5 Å². The summed E-state index contributed by atoms with van der Waals surface area (Å²) in [6.45, 7) is 0. The molecule has 0 heterocycles. The lowest BCUT2D eigenvalue weighted by Crippen LogP contribution is -2.01. The highest BCUT2D eigenvalue weighted by atomic mass is 35.5. The average molecular weight is 132 g/mol. The molecule has 40 valence electrons. The normalized spacial score (nSPS) is 9.83. The first-order valence-corrected chi connectivity index (χ1v) is 2.70. The second-order valence-corrected chi connectivity index (χ2v) is 2.02. The van der Waals surface area contributed by atoms with E-state index in [1.807, 2.05) is 0 Å². The van der Waals surface area contributed by atoms with E-state index < -0.39 is 7.67 Å². The van der Waals surface area contributed by atoms with Crippen molar-refractivity contribution in [2.24, 2.45) is 11.0 Å². The second kappa shape index (κ2) is 2.55. The van der Waals surface area contributed by atoms with Gasteiger partial charge in [-0.15, -0.1) is 12.4 Å². The molecule has 0 amide bonds. The van der Waals surface area contributed by atoms with E-state index in [1.54, 1.807) is 0 Å². The first-order chi connectivity index (χ1) is 2.00. The van der Waals surface area contributed by atoms with Crippen molar-refractivity contribution in [1.82, 2.24) is 0 Å². The van der Waals surface area contributed by atoms with E-state index in [4.69, 9.17) is 4.89 Å². The zero-order valence-electron chi connectivity index (χ0n) is 2.87. The fourth-order valence-corrected chi connectivity index (χ4v) is 0. The molecule has 0 saturated heterocycles. The van der Waals surface area contributed by atoms with Gasteiger partial charge in [0.1, 0.15) is 0 Å². The third kappa shape index (κ3) is 318. The average Bonchev–Trinajstić information content (AvgIpc) is 0.722. The Hall–Kier alpha value is 0.400. The first-order valence-electron chi connectivity index (χ1n) is 0.899. The minimum Gasteiger partial charge on any atom is -0.322 e. The van der Waals surface area contributed by atoms with Crippen LogP contribution in [0.2, 0.25) is 0 Å². The lowest BCUT2D eigenvalue weighted by Gasteiger charge is -1.86. The van der Waals surface area contributed by atoms with Gasteiger partial charge in [0.25, 0.3) is 0 Å². The molecular formula is H6ClN2O2P. The van der Waals surface area contributed by atoms with Gasteiger partial charge in [-0.2, -0.15) is 0 Å². The van der Waals surface area contributed by atoms with Gasteiger partial charge in [0.15, 0.2) is 0 Å². The Kier molecular flexibility index (Phi) is 4.10. The zero-order chi connectivity index (χ0) is 4.50. The monoisotopic (exact) mass is 132 g/mol. The van der Waals surface area contributed by atoms with Crippen molar-refractivity contribution in [1.29, 1.82) is 0 Å². The SMILES string of the molecule is Cl.NP(N)(=O)O. The fraction of sp³-hybridized carbons (Fsp3) is 0. The molecule has 6 heteroatoms. The van der Waals surface area contributed by atoms with E-state index in [9.17, 15) is 4.57 Å². The van der Waals surface area contributed by atoms with E-state index in [2.05, 4.69) is 11.0 Å². The highest BCUT2D eigenvalue weighted by Crippen LogP contribution is 2.13. The summed E-state index contributed by atoms with van der Waals surface area (Å²) in [6, 6.07) is 0. The van der Waals surface area contributed by atoms with Crippen LogP contribution in [0.1, 0.15) is 0 Å². The maximum absolute atomic E-state index is 9.33. The van der Waals surface area contributed by atoms with Crippen molar-refractivity contribution < 1.29 is 9.46 Å². The van der Waals surface area contributed by atoms with Crippen molar-refractivity contribution in [2.45, 2.75) is 0 Å². The number of halogens is 1. The van der Waals surface area contributed by atoms with E-state index in [1.165, 1.54) is 0 Å². The highest BCUT2D eigenvalue weighted by Gasteiger charge is 1.93. The molecule has 0 aromatic heterocycles. The van der Waals surface area contributed by atoms with Crippen molar-refractivity contribution in [3.8, 4) is 0 Å². The quantitative estimate of drug-likeness (QED) is 0.385. The molecule has 0 unspecified atom stereocenters. The van der Waals surface area contributed by atoms with Gasteiger partial charge in [-0.25, -0.2) is 11.0 Å². The van der Waals surface area contributed by atoms with Gasteiger partial charge in [0.2, 0.25) is 0 Å². The summed E-state index contributed by atoms with van der Waals surface area (Å²) in [7, 11) is -3.64. The van der Waals surface area contributed by atoms with E-state index in [0.717, 1.165) is 0 Å². The molecule has 0 aliphatic rings. The van der Waals surface area contributed by atoms with Crippen molar-refractivity contribution in [2.75, 3.05) is 0 Å². The van der Waals surface area contributed by atoms with Crippen molar-refractivity contribution in [3.63, 3.8) is 0 Å². The maximum Gasteiger partial charge on any atom is 0.332 e. The molecule has 5 N–H and O–H groups in total. The molecule has 0 saturated carbocycles. The van der Waals surface area contributed by atoms with Gasteiger partial charge in [0.05, 0.1) is 0 Å². The topological polar surface area (TPSA) is 89.3 Å². The zero-order valence-corrected chi connectivity index (χ0v) is 4.58. The molecule has 0 atom stereocenters. The van der Waals surface area contributed by atoms with Crippen molar-refractivity contribution >= 4 is 20.1 Å². The summed E-state index contributed by atoms with van der Waals surface area (Å²) in [4.78, 5) is 7.63. The summed E-state index contributed by atoms with van der Waals surface area (Å²) in [5, 5.41) is 0. The molecule has 0 fully saturated rings. The van der Waals surface area contributed by atoms with Crippen molar-refractivity contribution in [3.05, 3.63) is 0 Å². The van der Waals surface area contributed by atoms with Crippen LogP contribution >= 0.6 is 20.1 Å². The molecule has 4 nitrogen and oxygen atoms in total. The Morgan fingerprint density at radius 1 is 1.50 bits per heavy atom. The highest BCUT2D eigenvalue weighted by molar-refractivity contribution is 7.52. The molecular weight excluding hydrogens is 126 g/mol. The molecule has 0 aliphatic heterocycles. The fourth-order valence-electron chi connectivity index (χ4n) is 0. The van der Waals surface area contributed by atoms with Crippen LogP contribution in [0.5, 0.6) is 0 Å². The minimum atomic E-state index is -3.64. The Bertz CT molecular complexity index is 57.7. The van der Waals surface area contributed by atoms with E-state index in [0.29, 0.717) is 0 Å². The van der Waals surface area contributed by atoms with Gasteiger partial charge in [-0.1, -0.05) is 0 Å². The second-order valence-electron chi connectivity index (χ2n) is 0.672. The van der Waals surface area contributed by atoms with Crippen LogP contribution < -0.4 is 11.0 Å². The minimum absolute atomic E-state index is 0. The largest absolute Gasteiger partial charge is 0.332 e. The summed E-state index contributed by atoms with van der Waals surface area (Å²) < 4.78 is 9.33. The molecule has 0 bridgehead atoms. The molecule has 0 spiro atoms. The number of rotatable bonds is 0. The van der Waals surface area contributed by atoms with Crippen LogP contribution in [0, 0.1) is 0 Å². The predicted octanol–water partition coefficient (Wildman–Crippen LogP) is -0.574. The standard InChI is InChI=1S/ClH.H5N2O2P/c;1-5(2,3)4/h1H;(H5,1,2,3,4). The van der Waals surface area contributed by atoms with Crippen LogP contribution in [0.25, 0.3) is 0 Å². The summed E-state index contributed by atoms with van der Waals surface area (Å²) >= 11 is 0. The third-order valence-corrected chi connectivity index (χ3v) is 0. The Morgan fingerprint density at radius 2 is 1.50 bits per heavy atom. The van der Waals surface area contributed by atoms with Crippen LogP contribution in [0.3, 0.4) is 0 Å². The van der Waals surface area contributed by atoms with Crippen LogP contribution in [-0.4, -0.2) is 4.89 Å². The van der Waals surface area contributed by atoms with Gasteiger partial charge in [-0.3, -0.25) is 4.57 Å². The lowest BCUT2D eigenvalue weighted by atomic mass is 13.9. The summed E-state index contributed by atoms with van der Waals surface area (Å²) in [5.41, 5.74) is 8.49. The molecule has 0 radical (unpaired) electrons. The molecule has 0 aliphatic carbocycles. The Morgan fingerprint density at radius 3 is 1.50 bits per heavy atom. The van der Waals surface area contributed by atoms with Crippen LogP contribution in [0.4, 0.5) is 0 Å². The maximum atomic E-state index is 9.33. The number of hydrogen-bond donors (Lipinski definition) is 3. The number of nitrogens with two attached hydrogens (primary N) is 2. The predicted molar refractivity (Wildman–Crippen MR) is 25.4 cm³/mol. The van der Waals surface area contributed by atoms with Gasteiger partial charge >= 0.3 is 7.67 Å². The number of hydrogen-bond acceptors (Lipinski definition) is 1. The van der Waals surface area contributed by atoms with Crippen LogP contribution in [0.15, 0.2) is 0 Å². The van der Waals surface area contributed by atoms with E-state index >= 15 is 0 Å². The molecule has 6 heavy (non-hydrogen) atoms. The third-order valence-electron chi connectivity index (χ3n) is 0. The Balaban J connectivity index is 0. The summed E-state index contributed by atoms with van der Waals surface area (Å²) in [5.74, 6) is 0. The lowest BCUT2D eigenvalue weighted by molar-refractivity contribution is 0.481. The first kappa shape index (κ1) is 9.64. The van der Waals surface area contributed by atoms with Crippen LogP contribution in [-0.2, 0) is 4.57 Å². The summed E-state index contributed by atoms with van der Waals surface area (Å²) in [6.07, 6.45) is 0. The smallest absolute Gasteiger partial charge is 0.322 e. The van der Waals surface area contributed by atoms with Gasteiger partial charge in [-0.05, 0) is 0 Å².